The van der Waals surface area contributed by atoms with Crippen molar-refractivity contribution < 1.29 is 19.3 Å². The van der Waals surface area contributed by atoms with E-state index < -0.39 is 11.9 Å². The highest BCUT2D eigenvalue weighted by molar-refractivity contribution is 5.36. The number of ether oxygens (including phenoxy) is 1. The van der Waals surface area contributed by atoms with Crippen LogP contribution in [0.4, 0.5) is 4.39 Å². The van der Waals surface area contributed by atoms with Gasteiger partial charge in [0.1, 0.15) is 11.6 Å². The molecule has 2 rings (SSSR count). The first-order chi connectivity index (χ1) is 9.11. The van der Waals surface area contributed by atoms with Gasteiger partial charge in [0, 0.05) is 19.6 Å². The van der Waals surface area contributed by atoms with Crippen molar-refractivity contribution in [1.29, 1.82) is 0 Å². The van der Waals surface area contributed by atoms with Crippen molar-refractivity contribution in [2.75, 3.05) is 26.7 Å². The van der Waals surface area contributed by atoms with Crippen molar-refractivity contribution in [3.63, 3.8) is 0 Å². The van der Waals surface area contributed by atoms with E-state index in [2.05, 4.69) is 4.90 Å². The molecule has 2 unspecified atom stereocenters. The standard InChI is InChI=1S/C14H20FNO3/c1-19-13-4-2-3-11(15)14(13)12(18)6-8-16-7-5-10(17)9-16/h2-4,10,12,17-18H,5-9H2,1H3. The minimum atomic E-state index is -0.895. The highest BCUT2D eigenvalue weighted by Crippen LogP contribution is 2.30. The molecule has 0 radical (unpaired) electrons. The highest BCUT2D eigenvalue weighted by Gasteiger charge is 2.23. The number of halogens is 1. The van der Waals surface area contributed by atoms with Crippen LogP contribution >= 0.6 is 0 Å². The van der Waals surface area contributed by atoms with E-state index in [0.717, 1.165) is 13.0 Å². The summed E-state index contributed by atoms with van der Waals surface area (Å²) in [5.74, 6) is -0.0812. The molecule has 0 spiro atoms. The van der Waals surface area contributed by atoms with Crippen molar-refractivity contribution in [1.82, 2.24) is 4.90 Å². The van der Waals surface area contributed by atoms with Gasteiger partial charge in [0.15, 0.2) is 0 Å². The molecule has 0 aliphatic carbocycles. The lowest BCUT2D eigenvalue weighted by atomic mass is 10.0. The Morgan fingerprint density at radius 3 is 2.95 bits per heavy atom. The van der Waals surface area contributed by atoms with Crippen LogP contribution in [0, 0.1) is 5.82 Å². The first-order valence-corrected chi connectivity index (χ1v) is 6.52. The van der Waals surface area contributed by atoms with Crippen LogP contribution in [0.15, 0.2) is 18.2 Å². The predicted octanol–water partition coefficient (Wildman–Crippen LogP) is 1.32. The van der Waals surface area contributed by atoms with Crippen molar-refractivity contribution in [2.45, 2.75) is 25.0 Å². The second-order valence-electron chi connectivity index (χ2n) is 4.90. The van der Waals surface area contributed by atoms with Gasteiger partial charge >= 0.3 is 0 Å². The summed E-state index contributed by atoms with van der Waals surface area (Å²) in [4.78, 5) is 2.07. The van der Waals surface area contributed by atoms with E-state index in [1.165, 1.54) is 13.2 Å². The Hall–Kier alpha value is -1.17. The highest BCUT2D eigenvalue weighted by atomic mass is 19.1. The lowest BCUT2D eigenvalue weighted by molar-refractivity contribution is 0.132. The number of likely N-dealkylation sites (tertiary alicyclic amines) is 1. The first-order valence-electron chi connectivity index (χ1n) is 6.52. The molecule has 0 amide bonds. The molecule has 2 atom stereocenters. The zero-order valence-corrected chi connectivity index (χ0v) is 11.1. The number of aliphatic hydroxyl groups is 2. The van der Waals surface area contributed by atoms with Gasteiger partial charge in [0.25, 0.3) is 0 Å². The molecule has 1 heterocycles. The Morgan fingerprint density at radius 1 is 1.53 bits per heavy atom. The van der Waals surface area contributed by atoms with Gasteiger partial charge in [-0.25, -0.2) is 4.39 Å². The lowest BCUT2D eigenvalue weighted by Crippen LogP contribution is -2.24. The summed E-state index contributed by atoms with van der Waals surface area (Å²) in [6.07, 6.45) is 0.0115. The molecular formula is C14H20FNO3. The molecule has 1 saturated heterocycles. The summed E-state index contributed by atoms with van der Waals surface area (Å²) in [7, 11) is 1.46. The first kappa shape index (κ1) is 14.2. The van der Waals surface area contributed by atoms with Crippen molar-refractivity contribution in [3.05, 3.63) is 29.6 Å². The molecule has 106 valence electrons. The Balaban J connectivity index is 1.98. The van der Waals surface area contributed by atoms with E-state index in [9.17, 15) is 14.6 Å². The molecule has 2 N–H and O–H groups in total. The minimum absolute atomic E-state index is 0.213. The number of aliphatic hydroxyl groups excluding tert-OH is 2. The molecule has 1 fully saturated rings. The molecule has 1 aliphatic heterocycles. The van der Waals surface area contributed by atoms with Gasteiger partial charge < -0.3 is 19.8 Å². The molecule has 0 aromatic heterocycles. The molecule has 0 bridgehead atoms. The molecule has 1 aliphatic rings. The molecule has 1 aromatic rings. The Morgan fingerprint density at radius 2 is 2.32 bits per heavy atom. The van der Waals surface area contributed by atoms with Gasteiger partial charge in [-0.3, -0.25) is 0 Å². The number of rotatable bonds is 5. The van der Waals surface area contributed by atoms with Crippen LogP contribution in [0.1, 0.15) is 24.5 Å². The second-order valence-corrected chi connectivity index (χ2v) is 4.90. The van der Waals surface area contributed by atoms with Crippen molar-refractivity contribution in [3.8, 4) is 5.75 Å². The maximum atomic E-state index is 13.8. The topological polar surface area (TPSA) is 52.9 Å². The quantitative estimate of drug-likeness (QED) is 0.846. The number of β-amino-alcohol motifs (C(OH)–C–C–N with tert-alkyl or cyclic N) is 1. The summed E-state index contributed by atoms with van der Waals surface area (Å²) in [6.45, 7) is 2.08. The van der Waals surface area contributed by atoms with E-state index in [1.807, 2.05) is 0 Å². The normalized spacial score (nSPS) is 21.6. The summed E-state index contributed by atoms with van der Waals surface area (Å²) in [6, 6.07) is 4.52. The largest absolute Gasteiger partial charge is 0.496 e. The van der Waals surface area contributed by atoms with Gasteiger partial charge in [-0.05, 0) is 25.0 Å². The van der Waals surface area contributed by atoms with Crippen molar-refractivity contribution in [2.24, 2.45) is 0 Å². The third-order valence-electron chi connectivity index (χ3n) is 3.53. The van der Waals surface area contributed by atoms with Gasteiger partial charge in [-0.2, -0.15) is 0 Å². The van der Waals surface area contributed by atoms with E-state index in [0.29, 0.717) is 25.3 Å². The minimum Gasteiger partial charge on any atom is -0.496 e. The Kier molecular flexibility index (Phi) is 4.74. The third kappa shape index (κ3) is 3.43. The molecule has 1 aromatic carbocycles. The molecule has 4 nitrogen and oxygen atoms in total. The van der Waals surface area contributed by atoms with Crippen LogP contribution < -0.4 is 4.74 Å². The van der Waals surface area contributed by atoms with E-state index in [4.69, 9.17) is 4.74 Å². The van der Waals surface area contributed by atoms with Crippen LogP contribution in [0.25, 0.3) is 0 Å². The van der Waals surface area contributed by atoms with Gasteiger partial charge in [-0.15, -0.1) is 0 Å². The fraction of sp³-hybridized carbons (Fsp3) is 0.571. The van der Waals surface area contributed by atoms with Crippen LogP contribution in [0.3, 0.4) is 0 Å². The summed E-state index contributed by atoms with van der Waals surface area (Å²) >= 11 is 0. The molecule has 5 heteroatoms. The average molecular weight is 269 g/mol. The number of methoxy groups -OCH3 is 1. The third-order valence-corrected chi connectivity index (χ3v) is 3.53. The monoisotopic (exact) mass is 269 g/mol. The van der Waals surface area contributed by atoms with Crippen LogP contribution in [0.2, 0.25) is 0 Å². The number of hydrogen-bond acceptors (Lipinski definition) is 4. The van der Waals surface area contributed by atoms with E-state index in [-0.39, 0.29) is 11.7 Å². The summed E-state index contributed by atoms with van der Waals surface area (Å²) in [5.41, 5.74) is 0.213. The summed E-state index contributed by atoms with van der Waals surface area (Å²) in [5, 5.41) is 19.6. The zero-order valence-electron chi connectivity index (χ0n) is 11.1. The SMILES string of the molecule is COc1cccc(F)c1C(O)CCN1CCC(O)C1. The van der Waals surface area contributed by atoms with Crippen LogP contribution in [0.5, 0.6) is 5.75 Å². The fourth-order valence-electron chi connectivity index (χ4n) is 2.48. The van der Waals surface area contributed by atoms with Crippen LogP contribution in [-0.2, 0) is 0 Å². The average Bonchev–Trinajstić information content (AvgIpc) is 2.81. The lowest BCUT2D eigenvalue weighted by Gasteiger charge is -2.19. The van der Waals surface area contributed by atoms with Crippen molar-refractivity contribution >= 4 is 0 Å². The van der Waals surface area contributed by atoms with Crippen LogP contribution in [-0.4, -0.2) is 48.0 Å². The molecule has 19 heavy (non-hydrogen) atoms. The van der Waals surface area contributed by atoms with E-state index in [1.54, 1.807) is 12.1 Å². The summed E-state index contributed by atoms with van der Waals surface area (Å²) < 4.78 is 18.8. The molecular weight excluding hydrogens is 249 g/mol. The van der Waals surface area contributed by atoms with Gasteiger partial charge in [0.05, 0.1) is 24.9 Å². The molecule has 0 saturated carbocycles. The second kappa shape index (κ2) is 6.32. The predicted molar refractivity (Wildman–Crippen MR) is 69.6 cm³/mol. The Labute approximate surface area is 112 Å². The fourth-order valence-corrected chi connectivity index (χ4v) is 2.48. The number of nitrogens with zero attached hydrogens (tertiary/aromatic N) is 1. The number of hydrogen-bond donors (Lipinski definition) is 2. The smallest absolute Gasteiger partial charge is 0.132 e. The van der Waals surface area contributed by atoms with E-state index >= 15 is 0 Å². The Bertz CT molecular complexity index is 427. The zero-order chi connectivity index (χ0) is 13.8. The maximum Gasteiger partial charge on any atom is 0.132 e. The van der Waals surface area contributed by atoms with Gasteiger partial charge in [0.2, 0.25) is 0 Å². The number of benzene rings is 1. The maximum absolute atomic E-state index is 13.8. The van der Waals surface area contributed by atoms with Gasteiger partial charge in [-0.1, -0.05) is 6.07 Å².